The highest BCUT2D eigenvalue weighted by Gasteiger charge is 2.11. The predicted molar refractivity (Wildman–Crippen MR) is 89.2 cm³/mol. The first-order valence-electron chi connectivity index (χ1n) is 6.97. The first kappa shape index (κ1) is 15.6. The average molecular weight is 310 g/mol. The maximum Gasteiger partial charge on any atom is 0.124 e. The van der Waals surface area contributed by atoms with Crippen molar-refractivity contribution in [1.29, 1.82) is 0 Å². The molecule has 0 saturated heterocycles. The fourth-order valence-electron chi connectivity index (χ4n) is 1.96. The van der Waals surface area contributed by atoms with Gasteiger partial charge < -0.3 is 10.6 Å². The molecule has 2 heterocycles. The van der Waals surface area contributed by atoms with Crippen LogP contribution in [0.5, 0.6) is 0 Å². The van der Waals surface area contributed by atoms with Gasteiger partial charge in [0.05, 0.1) is 5.69 Å². The fourth-order valence-corrected chi connectivity index (χ4v) is 3.48. The van der Waals surface area contributed by atoms with Crippen molar-refractivity contribution in [2.24, 2.45) is 11.7 Å². The predicted octanol–water partition coefficient (Wildman–Crippen LogP) is 3.68. The zero-order valence-electron chi connectivity index (χ0n) is 12.4. The molecule has 5 heteroatoms. The number of thiophene rings is 1. The maximum absolute atomic E-state index is 6.09. The number of nitrogens with two attached hydrogens (primary N) is 1. The summed E-state index contributed by atoms with van der Waals surface area (Å²) in [5, 5.41) is 7.52. The van der Waals surface area contributed by atoms with Crippen molar-refractivity contribution in [3.05, 3.63) is 27.9 Å². The molecule has 110 valence electrons. The van der Waals surface area contributed by atoms with E-state index in [9.17, 15) is 0 Å². The van der Waals surface area contributed by atoms with Crippen LogP contribution in [0.3, 0.4) is 0 Å². The Kier molecular flexibility index (Phi) is 5.72. The SMILES string of the molecule is CC(C)C(N)CCN(C)Cc1csc(-c2ccsc2)n1. The molecule has 0 amide bonds. The average Bonchev–Trinajstić information content (AvgIpc) is 3.05. The van der Waals surface area contributed by atoms with E-state index in [1.54, 1.807) is 22.7 Å². The highest BCUT2D eigenvalue weighted by molar-refractivity contribution is 7.14. The Morgan fingerprint density at radius 2 is 2.15 bits per heavy atom. The summed E-state index contributed by atoms with van der Waals surface area (Å²) >= 11 is 3.44. The van der Waals surface area contributed by atoms with Crippen molar-refractivity contribution in [1.82, 2.24) is 9.88 Å². The summed E-state index contributed by atoms with van der Waals surface area (Å²) in [6.45, 7) is 6.27. The maximum atomic E-state index is 6.09. The smallest absolute Gasteiger partial charge is 0.124 e. The highest BCUT2D eigenvalue weighted by Crippen LogP contribution is 2.26. The number of hydrogen-bond donors (Lipinski definition) is 1. The summed E-state index contributed by atoms with van der Waals surface area (Å²) < 4.78 is 0. The molecule has 0 saturated carbocycles. The molecule has 20 heavy (non-hydrogen) atoms. The van der Waals surface area contributed by atoms with Crippen LogP contribution in [0, 0.1) is 5.92 Å². The minimum absolute atomic E-state index is 0.286. The van der Waals surface area contributed by atoms with Crippen LogP contribution in [0.4, 0.5) is 0 Å². The lowest BCUT2D eigenvalue weighted by Crippen LogP contribution is -2.31. The zero-order valence-corrected chi connectivity index (χ0v) is 14.0. The first-order valence-corrected chi connectivity index (χ1v) is 8.79. The number of aromatic nitrogens is 1. The molecule has 2 rings (SSSR count). The molecule has 1 atom stereocenters. The van der Waals surface area contributed by atoms with Crippen LogP contribution in [-0.2, 0) is 6.54 Å². The topological polar surface area (TPSA) is 42.1 Å². The van der Waals surface area contributed by atoms with E-state index in [4.69, 9.17) is 10.7 Å². The monoisotopic (exact) mass is 309 g/mol. The van der Waals surface area contributed by atoms with Crippen molar-refractivity contribution in [3.8, 4) is 10.6 Å². The van der Waals surface area contributed by atoms with Gasteiger partial charge in [-0.15, -0.1) is 11.3 Å². The second-order valence-corrected chi connectivity index (χ2v) is 7.23. The molecule has 0 spiro atoms. The summed E-state index contributed by atoms with van der Waals surface area (Å²) in [5.41, 5.74) is 8.47. The lowest BCUT2D eigenvalue weighted by molar-refractivity contribution is 0.294. The lowest BCUT2D eigenvalue weighted by Gasteiger charge is -2.20. The van der Waals surface area contributed by atoms with E-state index >= 15 is 0 Å². The minimum Gasteiger partial charge on any atom is -0.327 e. The highest BCUT2D eigenvalue weighted by atomic mass is 32.1. The van der Waals surface area contributed by atoms with Crippen LogP contribution in [0.1, 0.15) is 26.0 Å². The van der Waals surface area contributed by atoms with Gasteiger partial charge in [-0.25, -0.2) is 4.98 Å². The van der Waals surface area contributed by atoms with Gasteiger partial charge in [0.1, 0.15) is 5.01 Å². The van der Waals surface area contributed by atoms with Crippen molar-refractivity contribution in [2.45, 2.75) is 32.9 Å². The number of hydrogen-bond acceptors (Lipinski definition) is 5. The Bertz CT molecular complexity index is 505. The van der Waals surface area contributed by atoms with E-state index in [-0.39, 0.29) is 6.04 Å². The van der Waals surface area contributed by atoms with Crippen LogP contribution >= 0.6 is 22.7 Å². The van der Waals surface area contributed by atoms with E-state index in [1.807, 2.05) is 0 Å². The Balaban J connectivity index is 1.84. The summed E-state index contributed by atoms with van der Waals surface area (Å²) in [6, 6.07) is 2.41. The third-order valence-electron chi connectivity index (χ3n) is 3.45. The number of thiazole rings is 1. The molecule has 0 fully saturated rings. The lowest BCUT2D eigenvalue weighted by atomic mass is 10.0. The van der Waals surface area contributed by atoms with Gasteiger partial charge in [-0.2, -0.15) is 11.3 Å². The zero-order chi connectivity index (χ0) is 14.5. The van der Waals surface area contributed by atoms with Gasteiger partial charge in [0, 0.05) is 28.9 Å². The van der Waals surface area contributed by atoms with E-state index in [1.165, 1.54) is 5.56 Å². The molecule has 0 aromatic carbocycles. The van der Waals surface area contributed by atoms with Gasteiger partial charge in [0.2, 0.25) is 0 Å². The quantitative estimate of drug-likeness (QED) is 0.848. The molecule has 2 N–H and O–H groups in total. The third-order valence-corrected chi connectivity index (χ3v) is 5.08. The molecular weight excluding hydrogens is 286 g/mol. The van der Waals surface area contributed by atoms with Gasteiger partial charge in [0.25, 0.3) is 0 Å². The van der Waals surface area contributed by atoms with Gasteiger partial charge >= 0.3 is 0 Å². The largest absolute Gasteiger partial charge is 0.327 e. The molecule has 0 aliphatic carbocycles. The van der Waals surface area contributed by atoms with Gasteiger partial charge in [0.15, 0.2) is 0 Å². The Morgan fingerprint density at radius 1 is 1.35 bits per heavy atom. The van der Waals surface area contributed by atoms with Crippen LogP contribution in [0.25, 0.3) is 10.6 Å². The summed E-state index contributed by atoms with van der Waals surface area (Å²) in [7, 11) is 2.14. The molecule has 3 nitrogen and oxygen atoms in total. The van der Waals surface area contributed by atoms with Crippen LogP contribution in [-0.4, -0.2) is 29.5 Å². The molecule has 2 aromatic heterocycles. The molecule has 0 aliphatic heterocycles. The first-order chi connectivity index (χ1) is 9.56. The molecule has 0 aliphatic rings. The van der Waals surface area contributed by atoms with E-state index in [2.05, 4.69) is 48.0 Å². The fraction of sp³-hybridized carbons (Fsp3) is 0.533. The van der Waals surface area contributed by atoms with Gasteiger partial charge in [-0.3, -0.25) is 0 Å². The Morgan fingerprint density at radius 3 is 2.80 bits per heavy atom. The summed E-state index contributed by atoms with van der Waals surface area (Å²) in [5.74, 6) is 0.549. The normalized spacial score (nSPS) is 13.3. The minimum atomic E-state index is 0.286. The molecule has 0 bridgehead atoms. The Labute approximate surface area is 129 Å². The molecule has 2 aromatic rings. The second-order valence-electron chi connectivity index (χ2n) is 5.59. The van der Waals surface area contributed by atoms with E-state index < -0.39 is 0 Å². The summed E-state index contributed by atoms with van der Waals surface area (Å²) in [6.07, 6.45) is 1.04. The van der Waals surface area contributed by atoms with E-state index in [0.29, 0.717) is 5.92 Å². The van der Waals surface area contributed by atoms with Crippen molar-refractivity contribution >= 4 is 22.7 Å². The van der Waals surface area contributed by atoms with Crippen LogP contribution in [0.15, 0.2) is 22.2 Å². The van der Waals surface area contributed by atoms with Crippen molar-refractivity contribution in [3.63, 3.8) is 0 Å². The Hall–Kier alpha value is -0.750. The van der Waals surface area contributed by atoms with E-state index in [0.717, 1.165) is 30.2 Å². The number of rotatable bonds is 7. The molecule has 0 radical (unpaired) electrons. The standard InChI is InChI=1S/C15H23N3S2/c1-11(2)14(16)4-6-18(3)8-13-10-20-15(17-13)12-5-7-19-9-12/h5,7,9-11,14H,4,6,8,16H2,1-3H3. The van der Waals surface area contributed by atoms with Gasteiger partial charge in [-0.05, 0) is 37.4 Å². The van der Waals surface area contributed by atoms with Crippen LogP contribution < -0.4 is 5.73 Å². The van der Waals surface area contributed by atoms with Crippen molar-refractivity contribution < 1.29 is 0 Å². The van der Waals surface area contributed by atoms with Crippen LogP contribution in [0.2, 0.25) is 0 Å². The van der Waals surface area contributed by atoms with Crippen molar-refractivity contribution in [2.75, 3.05) is 13.6 Å². The number of nitrogens with zero attached hydrogens (tertiary/aromatic N) is 2. The summed E-state index contributed by atoms with van der Waals surface area (Å²) in [4.78, 5) is 7.01. The van der Waals surface area contributed by atoms with Gasteiger partial charge in [-0.1, -0.05) is 13.8 Å². The molecular formula is C15H23N3S2. The molecule has 1 unspecified atom stereocenters. The third kappa shape index (κ3) is 4.38. The second kappa shape index (κ2) is 7.31.